The van der Waals surface area contributed by atoms with Gasteiger partial charge in [0.25, 0.3) is 0 Å². The lowest BCUT2D eigenvalue weighted by Crippen LogP contribution is -2.33. The van der Waals surface area contributed by atoms with Crippen LogP contribution < -0.4 is 10.6 Å². The number of carbonyl (C=O) groups is 2. The first-order chi connectivity index (χ1) is 6.95. The average molecular weight is 218 g/mol. The Morgan fingerprint density at radius 1 is 1.47 bits per heavy atom. The van der Waals surface area contributed by atoms with Gasteiger partial charge < -0.3 is 20.8 Å². The highest BCUT2D eigenvalue weighted by Gasteiger charge is 2.06. The van der Waals surface area contributed by atoms with Gasteiger partial charge in [-0.2, -0.15) is 0 Å². The van der Waals surface area contributed by atoms with Crippen LogP contribution in [0.4, 0.5) is 0 Å². The van der Waals surface area contributed by atoms with Gasteiger partial charge >= 0.3 is 11.9 Å². The molecule has 1 unspecified atom stereocenters. The molecule has 0 aromatic heterocycles. The van der Waals surface area contributed by atoms with E-state index in [4.69, 9.17) is 10.2 Å². The molecular weight excluding hydrogens is 200 g/mol. The molecule has 6 heteroatoms. The predicted molar refractivity (Wildman–Crippen MR) is 56.9 cm³/mol. The van der Waals surface area contributed by atoms with Gasteiger partial charge in [-0.15, -0.1) is 6.58 Å². The summed E-state index contributed by atoms with van der Waals surface area (Å²) in [6.07, 6.45) is 1.62. The molecule has 88 valence electrons. The number of hydrogen-bond donors (Lipinski definition) is 4. The molecule has 0 aliphatic heterocycles. The van der Waals surface area contributed by atoms with E-state index in [2.05, 4.69) is 17.2 Å². The van der Waals surface area contributed by atoms with Crippen LogP contribution in [0.3, 0.4) is 0 Å². The van der Waals surface area contributed by atoms with Crippen molar-refractivity contribution in [3.05, 3.63) is 12.7 Å². The molecule has 0 spiro atoms. The van der Waals surface area contributed by atoms with Crippen LogP contribution in [0.1, 0.15) is 6.92 Å². The summed E-state index contributed by atoms with van der Waals surface area (Å²) in [4.78, 5) is 19.6. The van der Waals surface area contributed by atoms with Crippen LogP contribution in [0, 0.1) is 0 Å². The summed E-state index contributed by atoms with van der Waals surface area (Å²) in [7, 11) is 1.59. The summed E-state index contributed by atoms with van der Waals surface area (Å²) in [5.74, 6) is -1.66. The van der Waals surface area contributed by atoms with Crippen molar-refractivity contribution in [3.8, 4) is 0 Å². The van der Waals surface area contributed by atoms with E-state index in [9.17, 15) is 9.59 Å². The molecule has 0 aromatic rings. The SMILES string of the molecule is C=CCNC(C)C(=O)O.CNCC(=O)O. The zero-order chi connectivity index (χ0) is 12.3. The summed E-state index contributed by atoms with van der Waals surface area (Å²) < 4.78 is 0. The Balaban J connectivity index is 0. The number of carboxylic acids is 2. The molecule has 0 aliphatic carbocycles. The van der Waals surface area contributed by atoms with E-state index in [1.165, 1.54) is 0 Å². The third-order valence-electron chi connectivity index (χ3n) is 1.27. The van der Waals surface area contributed by atoms with Crippen molar-refractivity contribution in [2.75, 3.05) is 20.1 Å². The molecule has 0 saturated heterocycles. The van der Waals surface area contributed by atoms with Gasteiger partial charge in [-0.3, -0.25) is 9.59 Å². The van der Waals surface area contributed by atoms with E-state index >= 15 is 0 Å². The number of hydrogen-bond acceptors (Lipinski definition) is 4. The minimum Gasteiger partial charge on any atom is -0.480 e. The monoisotopic (exact) mass is 218 g/mol. The van der Waals surface area contributed by atoms with Gasteiger partial charge in [0, 0.05) is 6.54 Å². The molecule has 0 aliphatic rings. The van der Waals surface area contributed by atoms with Crippen LogP contribution in [0.5, 0.6) is 0 Å². The molecule has 0 radical (unpaired) electrons. The highest BCUT2D eigenvalue weighted by atomic mass is 16.4. The molecule has 4 N–H and O–H groups in total. The quantitative estimate of drug-likeness (QED) is 0.450. The third-order valence-corrected chi connectivity index (χ3v) is 1.27. The van der Waals surface area contributed by atoms with Gasteiger partial charge in [0.1, 0.15) is 6.04 Å². The number of carboxylic acid groups (broad SMARTS) is 2. The number of nitrogens with one attached hydrogen (secondary N) is 2. The fraction of sp³-hybridized carbons (Fsp3) is 0.556. The number of aliphatic carboxylic acids is 2. The largest absolute Gasteiger partial charge is 0.480 e. The lowest BCUT2D eigenvalue weighted by Gasteiger charge is -2.04. The number of rotatable bonds is 6. The molecule has 15 heavy (non-hydrogen) atoms. The molecule has 0 rings (SSSR count). The van der Waals surface area contributed by atoms with Crippen molar-refractivity contribution >= 4 is 11.9 Å². The van der Waals surface area contributed by atoms with E-state index < -0.39 is 18.0 Å². The normalized spacial score (nSPS) is 10.8. The molecule has 6 nitrogen and oxygen atoms in total. The predicted octanol–water partition coefficient (Wildman–Crippen LogP) is -0.474. The summed E-state index contributed by atoms with van der Waals surface area (Å²) in [5.41, 5.74) is 0. The fourth-order valence-corrected chi connectivity index (χ4v) is 0.499. The van der Waals surface area contributed by atoms with Gasteiger partial charge in [-0.25, -0.2) is 0 Å². The second kappa shape index (κ2) is 10.7. The van der Waals surface area contributed by atoms with Crippen molar-refractivity contribution < 1.29 is 19.8 Å². The maximum absolute atomic E-state index is 10.1. The van der Waals surface area contributed by atoms with Crippen molar-refractivity contribution in [3.63, 3.8) is 0 Å². The highest BCUT2D eigenvalue weighted by Crippen LogP contribution is 1.78. The molecule has 0 bridgehead atoms. The van der Waals surface area contributed by atoms with Crippen molar-refractivity contribution in [1.29, 1.82) is 0 Å². The van der Waals surface area contributed by atoms with Crippen LogP contribution in [-0.2, 0) is 9.59 Å². The Morgan fingerprint density at radius 2 is 2.00 bits per heavy atom. The summed E-state index contributed by atoms with van der Waals surface area (Å²) in [6.45, 7) is 5.60. The zero-order valence-corrected chi connectivity index (χ0v) is 8.99. The van der Waals surface area contributed by atoms with Gasteiger partial charge in [-0.05, 0) is 14.0 Å². The van der Waals surface area contributed by atoms with Crippen LogP contribution >= 0.6 is 0 Å². The van der Waals surface area contributed by atoms with Crippen molar-refractivity contribution in [2.45, 2.75) is 13.0 Å². The van der Waals surface area contributed by atoms with Gasteiger partial charge in [0.2, 0.25) is 0 Å². The first-order valence-electron chi connectivity index (χ1n) is 4.39. The number of likely N-dealkylation sites (N-methyl/N-ethyl adjacent to an activating group) is 1. The minimum absolute atomic E-state index is 0.0417. The Hall–Kier alpha value is -1.40. The van der Waals surface area contributed by atoms with Crippen molar-refractivity contribution in [1.82, 2.24) is 10.6 Å². The molecule has 1 atom stereocenters. The highest BCUT2D eigenvalue weighted by molar-refractivity contribution is 5.72. The van der Waals surface area contributed by atoms with Crippen LogP contribution in [0.25, 0.3) is 0 Å². The van der Waals surface area contributed by atoms with Crippen molar-refractivity contribution in [2.24, 2.45) is 0 Å². The van der Waals surface area contributed by atoms with Crippen LogP contribution in [-0.4, -0.2) is 48.3 Å². The maximum Gasteiger partial charge on any atom is 0.320 e. The first-order valence-corrected chi connectivity index (χ1v) is 4.39. The zero-order valence-electron chi connectivity index (χ0n) is 8.99. The van der Waals surface area contributed by atoms with Gasteiger partial charge in [0.15, 0.2) is 0 Å². The lowest BCUT2D eigenvalue weighted by molar-refractivity contribution is -0.139. The first kappa shape index (κ1) is 16.0. The Morgan fingerprint density at radius 3 is 2.20 bits per heavy atom. The summed E-state index contributed by atoms with van der Waals surface area (Å²) >= 11 is 0. The molecule has 0 fully saturated rings. The Bertz CT molecular complexity index is 206. The standard InChI is InChI=1S/C6H11NO2.C3H7NO2/c1-3-4-7-5(2)6(8)9;1-4-2-3(5)6/h3,5,7H,1,4H2,2H3,(H,8,9);4H,2H2,1H3,(H,5,6). The van der Waals surface area contributed by atoms with E-state index in [-0.39, 0.29) is 6.54 Å². The molecular formula is C9H18N2O4. The van der Waals surface area contributed by atoms with E-state index in [0.29, 0.717) is 6.54 Å². The lowest BCUT2D eigenvalue weighted by atomic mass is 10.3. The second-order valence-electron chi connectivity index (χ2n) is 2.68. The average Bonchev–Trinajstić information content (AvgIpc) is 2.14. The molecule has 0 heterocycles. The summed E-state index contributed by atoms with van der Waals surface area (Å²) in [6, 6.07) is -0.483. The molecule has 0 aromatic carbocycles. The fourth-order valence-electron chi connectivity index (χ4n) is 0.499. The Kier molecular flexibility index (Phi) is 11.4. The topological polar surface area (TPSA) is 98.7 Å². The second-order valence-corrected chi connectivity index (χ2v) is 2.68. The van der Waals surface area contributed by atoms with Gasteiger partial charge in [0.05, 0.1) is 6.54 Å². The van der Waals surface area contributed by atoms with Gasteiger partial charge in [-0.1, -0.05) is 6.08 Å². The maximum atomic E-state index is 10.1. The molecule has 0 amide bonds. The minimum atomic E-state index is -0.836. The third kappa shape index (κ3) is 15.4. The van der Waals surface area contributed by atoms with E-state index in [0.717, 1.165) is 0 Å². The van der Waals surface area contributed by atoms with E-state index in [1.807, 2.05) is 0 Å². The van der Waals surface area contributed by atoms with Crippen LogP contribution in [0.2, 0.25) is 0 Å². The summed E-state index contributed by atoms with van der Waals surface area (Å²) in [5, 5.41) is 21.3. The smallest absolute Gasteiger partial charge is 0.320 e. The Labute approximate surface area is 89.0 Å². The molecule has 0 saturated carbocycles. The van der Waals surface area contributed by atoms with E-state index in [1.54, 1.807) is 20.0 Å². The van der Waals surface area contributed by atoms with Crippen LogP contribution in [0.15, 0.2) is 12.7 Å².